The number of rotatable bonds is 2. The average Bonchev–Trinajstić information content (AvgIpc) is 2.59. The first-order chi connectivity index (χ1) is 7.20. The van der Waals surface area contributed by atoms with Crippen LogP contribution in [-0.2, 0) is 0 Å². The Kier molecular flexibility index (Phi) is 2.83. The maximum atomic E-state index is 11.4. The SMILES string of the molecule is C[C@@H](c1ccccc1)n1c(=O)ssc1=O. The third-order valence-electron chi connectivity index (χ3n) is 2.25. The van der Waals surface area contributed by atoms with Gasteiger partial charge in [-0.2, -0.15) is 0 Å². The Hall–Kier alpha value is -1.20. The smallest absolute Gasteiger partial charge is 0.256 e. The first-order valence-electron chi connectivity index (χ1n) is 4.47. The van der Waals surface area contributed by atoms with Crippen LogP contribution in [0, 0.1) is 0 Å². The lowest BCUT2D eigenvalue weighted by Gasteiger charge is -2.10. The molecule has 0 saturated heterocycles. The molecule has 0 aliphatic carbocycles. The fourth-order valence-corrected chi connectivity index (χ4v) is 3.18. The van der Waals surface area contributed by atoms with Crippen molar-refractivity contribution in [3.8, 4) is 0 Å². The summed E-state index contributed by atoms with van der Waals surface area (Å²) in [7, 11) is 1.98. The van der Waals surface area contributed by atoms with Gasteiger partial charge in [0.15, 0.2) is 0 Å². The van der Waals surface area contributed by atoms with Gasteiger partial charge in [0.1, 0.15) is 0 Å². The van der Waals surface area contributed by atoms with Crippen LogP contribution in [0.3, 0.4) is 0 Å². The Morgan fingerprint density at radius 3 is 2.13 bits per heavy atom. The molecule has 0 fully saturated rings. The molecule has 0 amide bonds. The van der Waals surface area contributed by atoms with Gasteiger partial charge < -0.3 is 0 Å². The summed E-state index contributed by atoms with van der Waals surface area (Å²) in [5.41, 5.74) is 0.974. The highest BCUT2D eigenvalue weighted by Gasteiger charge is 2.13. The third-order valence-corrected chi connectivity index (χ3v) is 4.11. The van der Waals surface area contributed by atoms with Crippen LogP contribution in [0.1, 0.15) is 18.5 Å². The van der Waals surface area contributed by atoms with Crippen molar-refractivity contribution in [2.45, 2.75) is 13.0 Å². The van der Waals surface area contributed by atoms with Crippen molar-refractivity contribution in [2.24, 2.45) is 0 Å². The largest absolute Gasteiger partial charge is 0.321 e. The molecule has 0 spiro atoms. The van der Waals surface area contributed by atoms with Gasteiger partial charge in [-0.25, -0.2) is 4.57 Å². The van der Waals surface area contributed by atoms with E-state index in [-0.39, 0.29) is 15.8 Å². The van der Waals surface area contributed by atoms with Gasteiger partial charge in [0.25, 0.3) is 0 Å². The molecule has 78 valence electrons. The summed E-state index contributed by atoms with van der Waals surface area (Å²) >= 11 is 0. The molecule has 0 bridgehead atoms. The van der Waals surface area contributed by atoms with Crippen LogP contribution in [0.5, 0.6) is 0 Å². The van der Waals surface area contributed by atoms with Crippen LogP contribution >= 0.6 is 20.7 Å². The lowest BCUT2D eigenvalue weighted by atomic mass is 10.1. The van der Waals surface area contributed by atoms with E-state index in [4.69, 9.17) is 0 Å². The van der Waals surface area contributed by atoms with Gasteiger partial charge in [-0.3, -0.25) is 9.59 Å². The zero-order chi connectivity index (χ0) is 10.8. The topological polar surface area (TPSA) is 39.1 Å². The molecular formula is C10H9NO2S2. The molecular weight excluding hydrogens is 230 g/mol. The summed E-state index contributed by atoms with van der Waals surface area (Å²) in [6.45, 7) is 1.86. The molecule has 1 atom stereocenters. The predicted octanol–water partition coefficient (Wildman–Crippen LogP) is 1.94. The molecule has 2 rings (SSSR count). The number of benzene rings is 1. The standard InChI is InChI=1S/C10H9NO2S2/c1-7(8-5-3-2-4-6-8)11-9(12)14-15-10(11)13/h2-7H,1H3/t7-/m0/s1. The van der Waals surface area contributed by atoms with Gasteiger partial charge in [-0.05, 0) is 33.2 Å². The first-order valence-corrected chi connectivity index (χ1v) is 6.62. The summed E-state index contributed by atoms with van der Waals surface area (Å²) in [6.07, 6.45) is 0. The Morgan fingerprint density at radius 2 is 1.60 bits per heavy atom. The van der Waals surface area contributed by atoms with Crippen LogP contribution in [0.2, 0.25) is 0 Å². The Balaban J connectivity index is 2.50. The highest BCUT2D eigenvalue weighted by atomic mass is 32.9. The van der Waals surface area contributed by atoms with E-state index in [1.54, 1.807) is 0 Å². The lowest BCUT2D eigenvalue weighted by Crippen LogP contribution is -2.27. The number of hydrogen-bond acceptors (Lipinski definition) is 4. The summed E-state index contributed by atoms with van der Waals surface area (Å²) in [6, 6.07) is 9.35. The molecule has 3 nitrogen and oxygen atoms in total. The van der Waals surface area contributed by atoms with Gasteiger partial charge in [0, 0.05) is 0 Å². The Bertz CT molecular complexity index is 525. The van der Waals surface area contributed by atoms with Crippen molar-refractivity contribution in [2.75, 3.05) is 0 Å². The third kappa shape index (κ3) is 1.93. The maximum Gasteiger partial charge on any atom is 0.321 e. The van der Waals surface area contributed by atoms with Crippen molar-refractivity contribution in [1.29, 1.82) is 0 Å². The van der Waals surface area contributed by atoms with E-state index in [1.165, 1.54) is 4.57 Å². The van der Waals surface area contributed by atoms with Gasteiger partial charge in [0.2, 0.25) is 0 Å². The molecule has 1 heterocycles. The number of aromatic nitrogens is 1. The van der Waals surface area contributed by atoms with E-state index >= 15 is 0 Å². The minimum absolute atomic E-state index is 0.179. The van der Waals surface area contributed by atoms with Crippen LogP contribution in [0.15, 0.2) is 39.9 Å². The molecule has 0 aliphatic rings. The summed E-state index contributed by atoms with van der Waals surface area (Å²) < 4.78 is 1.30. The normalized spacial score (nSPS) is 12.6. The minimum Gasteiger partial charge on any atom is -0.256 e. The number of hydrogen-bond donors (Lipinski definition) is 0. The molecule has 0 saturated carbocycles. The molecule has 1 aromatic heterocycles. The molecule has 0 radical (unpaired) electrons. The Morgan fingerprint density at radius 1 is 1.07 bits per heavy atom. The zero-order valence-electron chi connectivity index (χ0n) is 8.04. The van der Waals surface area contributed by atoms with Gasteiger partial charge in [-0.1, -0.05) is 30.3 Å². The van der Waals surface area contributed by atoms with Crippen LogP contribution in [0.4, 0.5) is 0 Å². The molecule has 1 aromatic carbocycles. The minimum atomic E-state index is -0.186. The first kappa shape index (κ1) is 10.3. The molecule has 0 N–H and O–H groups in total. The van der Waals surface area contributed by atoms with E-state index in [0.717, 1.165) is 26.2 Å². The van der Waals surface area contributed by atoms with E-state index in [0.29, 0.717) is 0 Å². The molecule has 2 aromatic rings. The zero-order valence-corrected chi connectivity index (χ0v) is 9.68. The highest BCUT2D eigenvalue weighted by molar-refractivity contribution is 7.67. The van der Waals surface area contributed by atoms with Gasteiger partial charge in [0.05, 0.1) is 6.04 Å². The van der Waals surface area contributed by atoms with Crippen molar-refractivity contribution < 1.29 is 0 Å². The van der Waals surface area contributed by atoms with Crippen molar-refractivity contribution in [1.82, 2.24) is 4.57 Å². The van der Waals surface area contributed by atoms with Crippen molar-refractivity contribution >= 4 is 20.7 Å². The van der Waals surface area contributed by atoms with E-state index < -0.39 is 0 Å². The maximum absolute atomic E-state index is 11.4. The van der Waals surface area contributed by atoms with Crippen LogP contribution < -0.4 is 9.75 Å². The second-order valence-electron chi connectivity index (χ2n) is 3.16. The van der Waals surface area contributed by atoms with E-state index in [1.807, 2.05) is 37.3 Å². The molecule has 15 heavy (non-hydrogen) atoms. The van der Waals surface area contributed by atoms with Crippen LogP contribution in [-0.4, -0.2) is 4.57 Å². The lowest BCUT2D eigenvalue weighted by molar-refractivity contribution is 0.616. The van der Waals surface area contributed by atoms with E-state index in [9.17, 15) is 9.59 Å². The molecule has 0 unspecified atom stereocenters. The highest BCUT2D eigenvalue weighted by Crippen LogP contribution is 2.14. The van der Waals surface area contributed by atoms with E-state index in [2.05, 4.69) is 0 Å². The monoisotopic (exact) mass is 239 g/mol. The van der Waals surface area contributed by atoms with Gasteiger partial charge >= 0.3 is 9.75 Å². The quantitative estimate of drug-likeness (QED) is 0.751. The van der Waals surface area contributed by atoms with Crippen molar-refractivity contribution in [3.05, 3.63) is 55.2 Å². The van der Waals surface area contributed by atoms with Gasteiger partial charge in [-0.15, -0.1) is 0 Å². The second-order valence-corrected chi connectivity index (χ2v) is 5.19. The summed E-state index contributed by atoms with van der Waals surface area (Å²) in [5.74, 6) is 0. The summed E-state index contributed by atoms with van der Waals surface area (Å²) in [5, 5.41) is 0. The predicted molar refractivity (Wildman–Crippen MR) is 63.0 cm³/mol. The fraction of sp³-hybridized carbons (Fsp3) is 0.200. The summed E-state index contributed by atoms with van der Waals surface area (Å²) in [4.78, 5) is 22.5. The Labute approximate surface area is 93.6 Å². The van der Waals surface area contributed by atoms with Crippen molar-refractivity contribution in [3.63, 3.8) is 0 Å². The molecule has 0 aliphatic heterocycles. The average molecular weight is 239 g/mol. The number of nitrogens with zero attached hydrogens (tertiary/aromatic N) is 1. The second kappa shape index (κ2) is 4.12. The fourth-order valence-electron chi connectivity index (χ4n) is 1.42. The van der Waals surface area contributed by atoms with Crippen LogP contribution in [0.25, 0.3) is 0 Å². The molecule has 5 heteroatoms.